The second-order valence-electron chi connectivity index (χ2n) is 7.82. The van der Waals surface area contributed by atoms with Gasteiger partial charge >= 0.3 is 0 Å². The fourth-order valence-electron chi connectivity index (χ4n) is 3.91. The molecule has 0 N–H and O–H groups in total. The number of aromatic nitrogens is 2. The largest absolute Gasteiger partial charge is 0.275 e. The smallest absolute Gasteiger partial charge is 0.267 e. The molecule has 1 atom stereocenters. The van der Waals surface area contributed by atoms with Crippen LogP contribution in [-0.4, -0.2) is 24.5 Å². The van der Waals surface area contributed by atoms with Crippen molar-refractivity contribution in [2.75, 3.05) is 6.26 Å². The highest BCUT2D eigenvalue weighted by atomic mass is 32.2. The van der Waals surface area contributed by atoms with E-state index in [-0.39, 0.29) is 16.5 Å². The third kappa shape index (κ3) is 4.64. The Labute approximate surface area is 192 Å². The molecule has 0 aliphatic rings. The fraction of sp³-hybridized carbons (Fsp3) is 0.154. The fourth-order valence-corrected chi connectivity index (χ4v) is 4.54. The summed E-state index contributed by atoms with van der Waals surface area (Å²) in [5, 5.41) is 4.49. The predicted molar refractivity (Wildman–Crippen MR) is 127 cm³/mol. The van der Waals surface area contributed by atoms with Gasteiger partial charge in [-0.15, -0.1) is 0 Å². The van der Waals surface area contributed by atoms with Gasteiger partial charge in [0.05, 0.1) is 22.7 Å². The Balaban J connectivity index is 1.93. The summed E-state index contributed by atoms with van der Waals surface area (Å²) in [6, 6.07) is 21.5. The summed E-state index contributed by atoms with van der Waals surface area (Å²) in [6.45, 7) is 1.99. The monoisotopic (exact) mass is 462 g/mol. The first-order valence-electron chi connectivity index (χ1n) is 10.5. The molecule has 0 bridgehead atoms. The van der Waals surface area contributed by atoms with E-state index in [0.29, 0.717) is 28.7 Å². The molecular weight excluding hydrogens is 439 g/mol. The van der Waals surface area contributed by atoms with Gasteiger partial charge in [0.15, 0.2) is 9.84 Å². The highest BCUT2D eigenvalue weighted by Gasteiger charge is 2.21. The molecule has 0 radical (unpaired) electrons. The van der Waals surface area contributed by atoms with E-state index in [4.69, 9.17) is 0 Å². The maximum absolute atomic E-state index is 13.8. The highest BCUT2D eigenvalue weighted by Crippen LogP contribution is 2.31. The zero-order chi connectivity index (χ0) is 23.6. The van der Waals surface area contributed by atoms with Crippen molar-refractivity contribution in [3.63, 3.8) is 0 Å². The average Bonchev–Trinajstić information content (AvgIpc) is 2.81. The minimum atomic E-state index is -3.35. The van der Waals surface area contributed by atoms with Crippen LogP contribution in [0.25, 0.3) is 22.3 Å². The molecule has 4 aromatic rings. The molecule has 0 amide bonds. The topological polar surface area (TPSA) is 69.0 Å². The van der Waals surface area contributed by atoms with Crippen LogP contribution in [0.3, 0.4) is 0 Å². The number of sulfone groups is 1. The lowest BCUT2D eigenvalue weighted by Crippen LogP contribution is -2.29. The Morgan fingerprint density at radius 1 is 0.909 bits per heavy atom. The van der Waals surface area contributed by atoms with Crippen LogP contribution in [0.1, 0.15) is 24.9 Å². The molecule has 0 fully saturated rings. The van der Waals surface area contributed by atoms with Crippen LogP contribution < -0.4 is 5.56 Å². The van der Waals surface area contributed by atoms with Crippen molar-refractivity contribution in [3.05, 3.63) is 107 Å². The van der Waals surface area contributed by atoms with Crippen molar-refractivity contribution < 1.29 is 12.8 Å². The van der Waals surface area contributed by atoms with E-state index in [1.165, 1.54) is 28.9 Å². The number of halogens is 1. The molecule has 1 unspecified atom stereocenters. The standard InChI is InChI=1S/C26H23FN2O3S/c1-3-24(19-7-5-4-6-8-19)29-26(30)25(20-9-13-21(27)14-10-20)23(17-28-29)18-11-15-22(16-12-18)33(2,31)32/h4-17,24H,3H2,1-2H3. The summed E-state index contributed by atoms with van der Waals surface area (Å²) in [5.41, 5.74) is 2.79. The van der Waals surface area contributed by atoms with Crippen molar-refractivity contribution in [2.45, 2.75) is 24.3 Å². The molecule has 168 valence electrons. The lowest BCUT2D eigenvalue weighted by atomic mass is 9.96. The number of nitrogens with zero attached hydrogens (tertiary/aromatic N) is 2. The first-order valence-corrected chi connectivity index (χ1v) is 12.4. The molecule has 7 heteroatoms. The van der Waals surface area contributed by atoms with E-state index in [0.717, 1.165) is 11.8 Å². The molecule has 0 spiro atoms. The minimum absolute atomic E-state index is 0.186. The minimum Gasteiger partial charge on any atom is -0.267 e. The molecular formula is C26H23FN2O3S. The van der Waals surface area contributed by atoms with Crippen LogP contribution >= 0.6 is 0 Å². The van der Waals surface area contributed by atoms with Gasteiger partial charge in [0, 0.05) is 11.8 Å². The Bertz CT molecular complexity index is 1430. The van der Waals surface area contributed by atoms with Crippen molar-refractivity contribution in [2.24, 2.45) is 0 Å². The second kappa shape index (κ2) is 9.11. The van der Waals surface area contributed by atoms with E-state index in [1.54, 1.807) is 30.5 Å². The molecule has 0 saturated heterocycles. The molecule has 4 rings (SSSR count). The van der Waals surface area contributed by atoms with Gasteiger partial charge < -0.3 is 0 Å². The van der Waals surface area contributed by atoms with E-state index >= 15 is 0 Å². The molecule has 0 aliphatic carbocycles. The molecule has 0 aliphatic heterocycles. The number of hydrogen-bond acceptors (Lipinski definition) is 4. The van der Waals surface area contributed by atoms with Gasteiger partial charge in [0.2, 0.25) is 0 Å². The Morgan fingerprint density at radius 2 is 1.52 bits per heavy atom. The summed E-state index contributed by atoms with van der Waals surface area (Å²) in [4.78, 5) is 13.9. The summed E-state index contributed by atoms with van der Waals surface area (Å²) in [7, 11) is -3.35. The lowest BCUT2D eigenvalue weighted by molar-refractivity contribution is 0.484. The van der Waals surface area contributed by atoms with Gasteiger partial charge in [-0.05, 0) is 47.4 Å². The van der Waals surface area contributed by atoms with E-state index < -0.39 is 15.7 Å². The Kier molecular flexibility index (Phi) is 6.24. The molecule has 1 heterocycles. The zero-order valence-corrected chi connectivity index (χ0v) is 19.1. The molecule has 3 aromatic carbocycles. The highest BCUT2D eigenvalue weighted by molar-refractivity contribution is 7.90. The van der Waals surface area contributed by atoms with Gasteiger partial charge in [-0.2, -0.15) is 5.10 Å². The summed E-state index contributed by atoms with van der Waals surface area (Å²) < 4.78 is 38.8. The van der Waals surface area contributed by atoms with Crippen LogP contribution in [0, 0.1) is 5.82 Å². The first-order chi connectivity index (χ1) is 15.8. The summed E-state index contributed by atoms with van der Waals surface area (Å²) in [6.07, 6.45) is 3.41. The Morgan fingerprint density at radius 3 is 2.09 bits per heavy atom. The van der Waals surface area contributed by atoms with Crippen LogP contribution in [0.4, 0.5) is 4.39 Å². The number of rotatable bonds is 6. The maximum atomic E-state index is 13.8. The zero-order valence-electron chi connectivity index (χ0n) is 18.3. The second-order valence-corrected chi connectivity index (χ2v) is 9.84. The maximum Gasteiger partial charge on any atom is 0.275 e. The number of hydrogen-bond donors (Lipinski definition) is 0. The third-order valence-electron chi connectivity index (χ3n) is 5.60. The van der Waals surface area contributed by atoms with Crippen molar-refractivity contribution >= 4 is 9.84 Å². The van der Waals surface area contributed by atoms with E-state index in [9.17, 15) is 17.6 Å². The van der Waals surface area contributed by atoms with Gasteiger partial charge in [0.25, 0.3) is 5.56 Å². The number of benzene rings is 3. The predicted octanol–water partition coefficient (Wildman–Crippen LogP) is 5.12. The molecule has 5 nitrogen and oxygen atoms in total. The summed E-state index contributed by atoms with van der Waals surface area (Å²) >= 11 is 0. The van der Waals surface area contributed by atoms with Gasteiger partial charge in [-0.25, -0.2) is 17.5 Å². The van der Waals surface area contributed by atoms with Crippen molar-refractivity contribution in [1.29, 1.82) is 0 Å². The lowest BCUT2D eigenvalue weighted by Gasteiger charge is -2.20. The van der Waals surface area contributed by atoms with Crippen molar-refractivity contribution in [3.8, 4) is 22.3 Å². The van der Waals surface area contributed by atoms with E-state index in [1.807, 2.05) is 37.3 Å². The first kappa shape index (κ1) is 22.6. The normalized spacial score (nSPS) is 12.5. The van der Waals surface area contributed by atoms with Crippen LogP contribution in [0.5, 0.6) is 0 Å². The average molecular weight is 463 g/mol. The van der Waals surface area contributed by atoms with Crippen LogP contribution in [0.2, 0.25) is 0 Å². The molecule has 33 heavy (non-hydrogen) atoms. The third-order valence-corrected chi connectivity index (χ3v) is 6.72. The van der Waals surface area contributed by atoms with Gasteiger partial charge in [0.1, 0.15) is 5.82 Å². The van der Waals surface area contributed by atoms with Crippen molar-refractivity contribution in [1.82, 2.24) is 9.78 Å². The van der Waals surface area contributed by atoms with Crippen LogP contribution in [-0.2, 0) is 9.84 Å². The Hall–Kier alpha value is -3.58. The van der Waals surface area contributed by atoms with Gasteiger partial charge in [-0.1, -0.05) is 61.5 Å². The SMILES string of the molecule is CCC(c1ccccc1)n1ncc(-c2ccc(S(C)(=O)=O)cc2)c(-c2ccc(F)cc2)c1=O. The van der Waals surface area contributed by atoms with Gasteiger partial charge in [-0.3, -0.25) is 4.79 Å². The van der Waals surface area contributed by atoms with Crippen LogP contribution in [0.15, 0.2) is 94.7 Å². The van der Waals surface area contributed by atoms with E-state index in [2.05, 4.69) is 5.10 Å². The molecule has 0 saturated carbocycles. The quantitative estimate of drug-likeness (QED) is 0.399. The molecule has 1 aromatic heterocycles. The summed E-state index contributed by atoms with van der Waals surface area (Å²) in [5.74, 6) is -0.400.